The van der Waals surface area contributed by atoms with Gasteiger partial charge in [0.2, 0.25) is 0 Å². The molecule has 0 aliphatic carbocycles. The molecule has 5 heteroatoms. The van der Waals surface area contributed by atoms with E-state index in [1.807, 2.05) is 30.0 Å². The zero-order valence-electron chi connectivity index (χ0n) is 12.0. The molecule has 0 radical (unpaired) electrons. The zero-order valence-corrected chi connectivity index (χ0v) is 12.0. The summed E-state index contributed by atoms with van der Waals surface area (Å²) < 4.78 is 10.6. The van der Waals surface area contributed by atoms with Crippen molar-refractivity contribution in [1.29, 1.82) is 0 Å². The highest BCUT2D eigenvalue weighted by molar-refractivity contribution is 5.74. The van der Waals surface area contributed by atoms with E-state index in [4.69, 9.17) is 9.47 Å². The number of nitrogens with zero attached hydrogens (tertiary/aromatic N) is 1. The second kappa shape index (κ2) is 6.72. The fraction of sp³-hybridized carbons (Fsp3) is 0.533. The van der Waals surface area contributed by atoms with E-state index in [1.54, 1.807) is 7.11 Å². The molecule has 1 aliphatic rings. The number of aryl methyl sites for hydroxylation is 1. The Hall–Kier alpha value is -1.59. The van der Waals surface area contributed by atoms with Crippen LogP contribution in [0, 0.1) is 6.92 Å². The Labute approximate surface area is 119 Å². The predicted octanol–water partition coefficient (Wildman–Crippen LogP) is 1.33. The molecule has 110 valence electrons. The molecule has 1 aromatic rings. The van der Waals surface area contributed by atoms with Gasteiger partial charge in [-0.15, -0.1) is 0 Å². The van der Waals surface area contributed by atoms with Crippen LogP contribution in [0.5, 0.6) is 5.75 Å². The number of hydrogen-bond donors (Lipinski definition) is 1. The van der Waals surface area contributed by atoms with Crippen molar-refractivity contribution >= 4 is 5.97 Å². The molecule has 0 aromatic heterocycles. The third kappa shape index (κ3) is 3.49. The minimum absolute atomic E-state index is 0.445. The van der Waals surface area contributed by atoms with Crippen LogP contribution in [0.4, 0.5) is 0 Å². The average molecular weight is 279 g/mol. The fourth-order valence-electron chi connectivity index (χ4n) is 2.54. The van der Waals surface area contributed by atoms with Crippen LogP contribution < -0.4 is 4.74 Å². The number of carboxylic acids is 1. The molecule has 0 spiro atoms. The fourth-order valence-corrected chi connectivity index (χ4v) is 2.54. The van der Waals surface area contributed by atoms with Crippen molar-refractivity contribution < 1.29 is 19.4 Å². The van der Waals surface area contributed by atoms with Gasteiger partial charge in [0.15, 0.2) is 0 Å². The molecule has 1 fully saturated rings. The van der Waals surface area contributed by atoms with Gasteiger partial charge in [-0.3, -0.25) is 9.69 Å². The third-order valence-electron chi connectivity index (χ3n) is 3.62. The molecule has 0 amide bonds. The topological polar surface area (TPSA) is 59.0 Å². The predicted molar refractivity (Wildman–Crippen MR) is 75.3 cm³/mol. The van der Waals surface area contributed by atoms with Crippen molar-refractivity contribution in [2.75, 3.05) is 33.4 Å². The summed E-state index contributed by atoms with van der Waals surface area (Å²) in [5.41, 5.74) is 2.04. The lowest BCUT2D eigenvalue weighted by molar-refractivity contribution is -0.145. The van der Waals surface area contributed by atoms with Crippen molar-refractivity contribution in [3.63, 3.8) is 0 Å². The smallest absolute Gasteiger partial charge is 0.321 e. The highest BCUT2D eigenvalue weighted by Crippen LogP contribution is 2.23. The first-order valence-corrected chi connectivity index (χ1v) is 6.80. The van der Waals surface area contributed by atoms with Crippen LogP contribution in [0.2, 0.25) is 0 Å². The first-order chi connectivity index (χ1) is 9.61. The van der Waals surface area contributed by atoms with Gasteiger partial charge in [0.05, 0.1) is 20.3 Å². The zero-order chi connectivity index (χ0) is 14.5. The molecular weight excluding hydrogens is 258 g/mol. The van der Waals surface area contributed by atoms with E-state index in [2.05, 4.69) is 0 Å². The Balaban J connectivity index is 2.19. The number of carboxylic acid groups (broad SMARTS) is 1. The SMILES string of the molecule is COc1ccc(C)cc1CC(C(=O)O)N1CCOCC1. The highest BCUT2D eigenvalue weighted by Gasteiger charge is 2.28. The summed E-state index contributed by atoms with van der Waals surface area (Å²) in [6.45, 7) is 4.49. The summed E-state index contributed by atoms with van der Waals surface area (Å²) >= 11 is 0. The Morgan fingerprint density at radius 1 is 1.45 bits per heavy atom. The molecule has 1 unspecified atom stereocenters. The number of methoxy groups -OCH3 is 1. The van der Waals surface area contributed by atoms with Gasteiger partial charge in [-0.2, -0.15) is 0 Å². The average Bonchev–Trinajstić information content (AvgIpc) is 2.45. The molecular formula is C15H21NO4. The molecule has 1 saturated heterocycles. The summed E-state index contributed by atoms with van der Waals surface area (Å²) in [5, 5.41) is 9.50. The maximum Gasteiger partial charge on any atom is 0.321 e. The van der Waals surface area contributed by atoms with Crippen LogP contribution in [-0.4, -0.2) is 55.4 Å². The van der Waals surface area contributed by atoms with Crippen molar-refractivity contribution in [3.05, 3.63) is 29.3 Å². The van der Waals surface area contributed by atoms with E-state index in [0.29, 0.717) is 32.7 Å². The number of aliphatic carboxylic acids is 1. The lowest BCUT2D eigenvalue weighted by atomic mass is 10.0. The minimum atomic E-state index is -0.796. The number of carbonyl (C=O) groups is 1. The Morgan fingerprint density at radius 2 is 2.15 bits per heavy atom. The minimum Gasteiger partial charge on any atom is -0.496 e. The number of hydrogen-bond acceptors (Lipinski definition) is 4. The Bertz CT molecular complexity index is 469. The lowest BCUT2D eigenvalue weighted by Crippen LogP contribution is -2.48. The molecule has 1 aliphatic heterocycles. The molecule has 1 atom stereocenters. The van der Waals surface area contributed by atoms with Crippen molar-refractivity contribution in [3.8, 4) is 5.75 Å². The van der Waals surface area contributed by atoms with E-state index in [9.17, 15) is 9.90 Å². The van der Waals surface area contributed by atoms with Crippen LogP contribution in [-0.2, 0) is 16.0 Å². The molecule has 2 rings (SSSR count). The third-order valence-corrected chi connectivity index (χ3v) is 3.62. The normalized spacial score (nSPS) is 17.7. The number of rotatable bonds is 5. The molecule has 1 heterocycles. The maximum absolute atomic E-state index is 11.6. The van der Waals surface area contributed by atoms with E-state index < -0.39 is 12.0 Å². The molecule has 5 nitrogen and oxygen atoms in total. The quantitative estimate of drug-likeness (QED) is 0.881. The summed E-state index contributed by atoms with van der Waals surface area (Å²) in [7, 11) is 1.61. The van der Waals surface area contributed by atoms with Gasteiger partial charge in [-0.1, -0.05) is 17.7 Å². The van der Waals surface area contributed by atoms with Crippen molar-refractivity contribution in [2.24, 2.45) is 0 Å². The largest absolute Gasteiger partial charge is 0.496 e. The van der Waals surface area contributed by atoms with Gasteiger partial charge >= 0.3 is 5.97 Å². The molecule has 20 heavy (non-hydrogen) atoms. The second-order valence-corrected chi connectivity index (χ2v) is 5.02. The van der Waals surface area contributed by atoms with Gasteiger partial charge in [0.25, 0.3) is 0 Å². The van der Waals surface area contributed by atoms with E-state index in [0.717, 1.165) is 16.9 Å². The lowest BCUT2D eigenvalue weighted by Gasteiger charge is -2.32. The van der Waals surface area contributed by atoms with Gasteiger partial charge in [0.1, 0.15) is 11.8 Å². The standard InChI is InChI=1S/C15H21NO4/c1-11-3-4-14(19-2)12(9-11)10-13(15(17)18)16-5-7-20-8-6-16/h3-4,9,13H,5-8,10H2,1-2H3,(H,17,18). The Morgan fingerprint density at radius 3 is 2.75 bits per heavy atom. The molecule has 1 aromatic carbocycles. The van der Waals surface area contributed by atoms with Crippen LogP contribution in [0.15, 0.2) is 18.2 Å². The highest BCUT2D eigenvalue weighted by atomic mass is 16.5. The summed E-state index contributed by atoms with van der Waals surface area (Å²) in [6, 6.07) is 5.32. The van der Waals surface area contributed by atoms with Gasteiger partial charge in [-0.05, 0) is 18.6 Å². The molecule has 0 saturated carbocycles. The maximum atomic E-state index is 11.6. The number of ether oxygens (including phenoxy) is 2. The summed E-state index contributed by atoms with van der Waals surface area (Å²) in [4.78, 5) is 13.5. The molecule has 1 N–H and O–H groups in total. The van der Waals surface area contributed by atoms with Crippen LogP contribution in [0.3, 0.4) is 0 Å². The van der Waals surface area contributed by atoms with E-state index in [1.165, 1.54) is 0 Å². The number of benzene rings is 1. The first kappa shape index (κ1) is 14.8. The van der Waals surface area contributed by atoms with Crippen LogP contribution in [0.1, 0.15) is 11.1 Å². The van der Waals surface area contributed by atoms with E-state index in [-0.39, 0.29) is 0 Å². The first-order valence-electron chi connectivity index (χ1n) is 6.80. The number of morpholine rings is 1. The van der Waals surface area contributed by atoms with Gasteiger partial charge < -0.3 is 14.6 Å². The molecule has 0 bridgehead atoms. The summed E-state index contributed by atoms with van der Waals surface area (Å²) in [6.07, 6.45) is 0.445. The summed E-state index contributed by atoms with van der Waals surface area (Å²) in [5.74, 6) is -0.0504. The van der Waals surface area contributed by atoms with Crippen molar-refractivity contribution in [2.45, 2.75) is 19.4 Å². The second-order valence-electron chi connectivity index (χ2n) is 5.02. The van der Waals surface area contributed by atoms with Gasteiger partial charge in [0, 0.05) is 19.5 Å². The van der Waals surface area contributed by atoms with E-state index >= 15 is 0 Å². The monoisotopic (exact) mass is 279 g/mol. The Kier molecular flexibility index (Phi) is 4.98. The van der Waals surface area contributed by atoms with Crippen LogP contribution >= 0.6 is 0 Å². The van der Waals surface area contributed by atoms with Crippen LogP contribution in [0.25, 0.3) is 0 Å². The van der Waals surface area contributed by atoms with Crippen molar-refractivity contribution in [1.82, 2.24) is 4.90 Å². The van der Waals surface area contributed by atoms with Gasteiger partial charge in [-0.25, -0.2) is 0 Å².